The summed E-state index contributed by atoms with van der Waals surface area (Å²) in [6, 6.07) is 29.4. The van der Waals surface area contributed by atoms with E-state index in [4.69, 9.17) is 4.74 Å². The molecule has 1 N–H and O–H groups in total. The second-order valence-electron chi connectivity index (χ2n) is 11.7. The highest BCUT2D eigenvalue weighted by Crippen LogP contribution is 2.44. The molecule has 0 heterocycles. The van der Waals surface area contributed by atoms with Crippen molar-refractivity contribution in [3.05, 3.63) is 114 Å². The Kier molecular flexibility index (Phi) is 9.06. The largest absolute Gasteiger partial charge is 0.460 e. The Morgan fingerprint density at radius 1 is 0.872 bits per heavy atom. The minimum Gasteiger partial charge on any atom is -0.460 e. The quantitative estimate of drug-likeness (QED) is 0.294. The fourth-order valence-electron chi connectivity index (χ4n) is 5.73. The van der Waals surface area contributed by atoms with E-state index in [0.29, 0.717) is 17.9 Å². The molecule has 0 saturated heterocycles. The molecule has 4 atom stereocenters. The van der Waals surface area contributed by atoms with Crippen LogP contribution < -0.4 is 5.32 Å². The van der Waals surface area contributed by atoms with E-state index < -0.39 is 11.5 Å². The molecule has 204 valence electrons. The summed E-state index contributed by atoms with van der Waals surface area (Å²) in [6.45, 7) is 8.51. The zero-order valence-corrected chi connectivity index (χ0v) is 23.6. The maximum Gasteiger partial charge on any atom is 0.332 e. The summed E-state index contributed by atoms with van der Waals surface area (Å²) in [5.41, 5.74) is 1.41. The van der Waals surface area contributed by atoms with E-state index in [0.717, 1.165) is 24.8 Å². The van der Waals surface area contributed by atoms with Gasteiger partial charge in [-0.3, -0.25) is 4.79 Å². The van der Waals surface area contributed by atoms with Crippen LogP contribution in [0.2, 0.25) is 0 Å². The first kappa shape index (κ1) is 28.4. The molecule has 3 aromatic rings. The van der Waals surface area contributed by atoms with E-state index in [9.17, 15) is 9.59 Å². The van der Waals surface area contributed by atoms with Crippen LogP contribution >= 0.6 is 0 Å². The van der Waals surface area contributed by atoms with Crippen LogP contribution in [0.4, 0.5) is 0 Å². The number of ether oxygens (including phenoxy) is 1. The Bertz CT molecular complexity index is 1250. The molecule has 4 heteroatoms. The van der Waals surface area contributed by atoms with Crippen molar-refractivity contribution in [2.24, 2.45) is 11.8 Å². The van der Waals surface area contributed by atoms with Crippen LogP contribution in [0.25, 0.3) is 6.08 Å². The Morgan fingerprint density at radius 2 is 1.46 bits per heavy atom. The summed E-state index contributed by atoms with van der Waals surface area (Å²) in [5, 5.41) is 3.02. The molecule has 4 nitrogen and oxygen atoms in total. The minimum absolute atomic E-state index is 0.163. The number of rotatable bonds is 9. The van der Waals surface area contributed by atoms with Crippen molar-refractivity contribution in [1.29, 1.82) is 0 Å². The van der Waals surface area contributed by atoms with Gasteiger partial charge in [0, 0.05) is 11.5 Å². The molecule has 0 aromatic heterocycles. The molecule has 0 unspecified atom stereocenters. The van der Waals surface area contributed by atoms with Crippen LogP contribution in [-0.4, -0.2) is 23.5 Å². The van der Waals surface area contributed by atoms with Crippen LogP contribution in [0.5, 0.6) is 0 Å². The summed E-state index contributed by atoms with van der Waals surface area (Å²) in [6.07, 6.45) is 6.91. The van der Waals surface area contributed by atoms with Crippen LogP contribution in [-0.2, 0) is 14.9 Å². The van der Waals surface area contributed by atoms with Gasteiger partial charge in [0.05, 0.1) is 0 Å². The van der Waals surface area contributed by atoms with Crippen molar-refractivity contribution >= 4 is 18.0 Å². The van der Waals surface area contributed by atoms with Crippen LogP contribution in [0, 0.1) is 11.8 Å². The Balaban J connectivity index is 1.59. The van der Waals surface area contributed by atoms with Gasteiger partial charge in [0.15, 0.2) is 0 Å². The van der Waals surface area contributed by atoms with Crippen molar-refractivity contribution in [3.8, 4) is 0 Å². The van der Waals surface area contributed by atoms with Gasteiger partial charge in [-0.2, -0.15) is 0 Å². The van der Waals surface area contributed by atoms with Gasteiger partial charge in [-0.1, -0.05) is 118 Å². The van der Waals surface area contributed by atoms with Crippen molar-refractivity contribution < 1.29 is 14.3 Å². The Hall–Kier alpha value is -3.66. The zero-order chi connectivity index (χ0) is 27.9. The number of nitrogens with one attached hydrogen (secondary N) is 1. The molecule has 4 rings (SSSR count). The standard InChI is InChI=1S/C35H41NO3/c1-26-22-23-30(34(2,3)29-20-12-7-13-21-29)31(25-26)39-33(38)35(4,24-14-17-27-15-8-5-9-16-27)36-32(37)28-18-10-6-11-19-28/h5-21,26,30-31H,22-25H2,1-4H3,(H,36,37)/b17-14+/t26-,30-,31-,35-/m1/s1. The minimum atomic E-state index is -1.22. The number of carbonyl (C=O) groups excluding carboxylic acids is 2. The molecule has 1 fully saturated rings. The van der Waals surface area contributed by atoms with Crippen molar-refractivity contribution in [2.75, 3.05) is 0 Å². The van der Waals surface area contributed by atoms with Gasteiger partial charge in [0.2, 0.25) is 0 Å². The third-order valence-corrected chi connectivity index (χ3v) is 8.27. The summed E-state index contributed by atoms with van der Waals surface area (Å²) in [7, 11) is 0. The molecular formula is C35H41NO3. The van der Waals surface area contributed by atoms with E-state index in [1.54, 1.807) is 19.1 Å². The molecule has 0 bridgehead atoms. The lowest BCUT2D eigenvalue weighted by atomic mass is 9.64. The van der Waals surface area contributed by atoms with Crippen LogP contribution in [0.3, 0.4) is 0 Å². The van der Waals surface area contributed by atoms with Crippen LogP contribution in [0.1, 0.15) is 74.9 Å². The highest BCUT2D eigenvalue weighted by Gasteiger charge is 2.45. The van der Waals surface area contributed by atoms with E-state index in [1.165, 1.54) is 5.56 Å². The van der Waals surface area contributed by atoms with E-state index in [-0.39, 0.29) is 23.3 Å². The molecule has 1 aliphatic carbocycles. The zero-order valence-electron chi connectivity index (χ0n) is 23.6. The van der Waals surface area contributed by atoms with Crippen molar-refractivity contribution in [1.82, 2.24) is 5.32 Å². The first-order chi connectivity index (χ1) is 18.7. The molecule has 3 aromatic carbocycles. The van der Waals surface area contributed by atoms with E-state index in [2.05, 4.69) is 50.4 Å². The lowest BCUT2D eigenvalue weighted by molar-refractivity contribution is -0.163. The smallest absolute Gasteiger partial charge is 0.332 e. The van der Waals surface area contributed by atoms with Crippen molar-refractivity contribution in [3.63, 3.8) is 0 Å². The van der Waals surface area contributed by atoms with Gasteiger partial charge in [-0.15, -0.1) is 0 Å². The van der Waals surface area contributed by atoms with Gasteiger partial charge in [0.25, 0.3) is 5.91 Å². The molecule has 1 saturated carbocycles. The second-order valence-corrected chi connectivity index (χ2v) is 11.7. The molecule has 0 aliphatic heterocycles. The lowest BCUT2D eigenvalue weighted by Gasteiger charge is -2.44. The normalized spacial score (nSPS) is 21.2. The fraction of sp³-hybridized carbons (Fsp3) is 0.371. The third kappa shape index (κ3) is 7.06. The first-order valence-electron chi connectivity index (χ1n) is 14.0. The predicted molar refractivity (Wildman–Crippen MR) is 158 cm³/mol. The first-order valence-corrected chi connectivity index (χ1v) is 14.0. The van der Waals surface area contributed by atoms with E-state index in [1.807, 2.05) is 66.7 Å². The number of benzene rings is 3. The fourth-order valence-corrected chi connectivity index (χ4v) is 5.73. The van der Waals surface area contributed by atoms with E-state index >= 15 is 0 Å². The monoisotopic (exact) mass is 523 g/mol. The van der Waals surface area contributed by atoms with Gasteiger partial charge in [0.1, 0.15) is 11.6 Å². The molecule has 1 aliphatic rings. The third-order valence-electron chi connectivity index (χ3n) is 8.27. The molecular weight excluding hydrogens is 482 g/mol. The average Bonchev–Trinajstić information content (AvgIpc) is 2.94. The molecule has 1 amide bonds. The molecule has 0 spiro atoms. The number of carbonyl (C=O) groups is 2. The number of esters is 1. The van der Waals surface area contributed by atoms with Gasteiger partial charge >= 0.3 is 5.97 Å². The number of hydrogen-bond donors (Lipinski definition) is 1. The summed E-state index contributed by atoms with van der Waals surface area (Å²) >= 11 is 0. The highest BCUT2D eigenvalue weighted by molar-refractivity contribution is 5.98. The summed E-state index contributed by atoms with van der Waals surface area (Å²) in [4.78, 5) is 27.2. The second kappa shape index (κ2) is 12.5. The van der Waals surface area contributed by atoms with Crippen molar-refractivity contribution in [2.45, 2.75) is 70.4 Å². The number of hydrogen-bond acceptors (Lipinski definition) is 3. The predicted octanol–water partition coefficient (Wildman–Crippen LogP) is 7.60. The van der Waals surface area contributed by atoms with Crippen LogP contribution in [0.15, 0.2) is 97.1 Å². The summed E-state index contributed by atoms with van der Waals surface area (Å²) < 4.78 is 6.40. The average molecular weight is 524 g/mol. The molecule has 0 radical (unpaired) electrons. The van der Waals surface area contributed by atoms with Gasteiger partial charge < -0.3 is 10.1 Å². The Labute approximate surface area is 233 Å². The SMILES string of the molecule is C[C@@H]1CC[C@@H](C(C)(C)c2ccccc2)[C@H](OC(=O)[C@@](C)(C/C=C/c2ccccc2)NC(=O)c2ccccc2)C1. The van der Waals surface area contributed by atoms with Gasteiger partial charge in [-0.05, 0) is 60.8 Å². The number of amides is 1. The summed E-state index contributed by atoms with van der Waals surface area (Å²) in [5.74, 6) is -0.0402. The maximum atomic E-state index is 14.0. The maximum absolute atomic E-state index is 14.0. The molecule has 39 heavy (non-hydrogen) atoms. The highest BCUT2D eigenvalue weighted by atomic mass is 16.5. The Morgan fingerprint density at radius 3 is 2.10 bits per heavy atom. The lowest BCUT2D eigenvalue weighted by Crippen LogP contribution is -2.55. The van der Waals surface area contributed by atoms with Gasteiger partial charge in [-0.25, -0.2) is 4.79 Å². The topological polar surface area (TPSA) is 55.4 Å².